The maximum atomic E-state index is 12.6. The Kier molecular flexibility index (Phi) is 14.7. The molecule has 0 radical (unpaired) electrons. The van der Waals surface area contributed by atoms with Crippen LogP contribution in [0.5, 0.6) is 0 Å². The van der Waals surface area contributed by atoms with E-state index in [4.69, 9.17) is 14.7 Å². The Hall–Kier alpha value is -4.45. The number of benzene rings is 3. The van der Waals surface area contributed by atoms with Gasteiger partial charge < -0.3 is 24.8 Å². The van der Waals surface area contributed by atoms with Crippen molar-refractivity contribution >= 4 is 11.8 Å². The first kappa shape index (κ1) is 37.8. The number of rotatable bonds is 18. The fraction of sp³-hybridized carbons (Fsp3) is 0.390. The number of nitrogens with one attached hydrogen (secondary N) is 2. The van der Waals surface area contributed by atoms with Crippen molar-refractivity contribution in [3.63, 3.8) is 0 Å². The Bertz CT molecular complexity index is 1650. The molecule has 10 heteroatoms. The average Bonchev–Trinajstić information content (AvgIpc) is 3.18. The van der Waals surface area contributed by atoms with Crippen LogP contribution in [-0.2, 0) is 38.6 Å². The molecule has 0 aliphatic carbocycles. The van der Waals surface area contributed by atoms with Crippen molar-refractivity contribution in [1.29, 1.82) is 0 Å². The molecule has 1 aliphatic heterocycles. The van der Waals surface area contributed by atoms with Gasteiger partial charge in [0.05, 0.1) is 18.8 Å². The van der Waals surface area contributed by atoms with Crippen molar-refractivity contribution < 1.29 is 29.4 Å². The molecule has 4 N–H and O–H groups in total. The third-order valence-electron chi connectivity index (χ3n) is 9.28. The average molecular weight is 695 g/mol. The maximum absolute atomic E-state index is 12.6. The number of unbranched alkanes of at least 4 members (excludes halogenated alkanes) is 3. The first-order valence-electron chi connectivity index (χ1n) is 17.9. The van der Waals surface area contributed by atoms with Gasteiger partial charge in [0.25, 0.3) is 0 Å². The zero-order valence-corrected chi connectivity index (χ0v) is 29.4. The highest BCUT2D eigenvalue weighted by Crippen LogP contribution is 2.38. The molecule has 1 aromatic heterocycles. The molecule has 0 spiro atoms. The number of carbonyl (C=O) groups is 2. The third-order valence-corrected chi connectivity index (χ3v) is 9.28. The van der Waals surface area contributed by atoms with E-state index in [1.54, 1.807) is 5.48 Å². The Balaban J connectivity index is 1.21. The zero-order valence-electron chi connectivity index (χ0n) is 29.4. The molecule has 0 saturated carbocycles. The lowest BCUT2D eigenvalue weighted by atomic mass is 9.97. The summed E-state index contributed by atoms with van der Waals surface area (Å²) in [6.45, 7) is 2.03. The SMILES string of the molecule is CN(CCc1ccccn1)C[C@@H]1C[C@H](c2ccc(CO)cc2)O[C@H](c2ccc(-c3ccccc3CNC(=O)CCCCCCC(=O)NO)cc2)O1. The molecule has 2 amide bonds. The predicted octanol–water partition coefficient (Wildman–Crippen LogP) is 6.42. The summed E-state index contributed by atoms with van der Waals surface area (Å²) >= 11 is 0. The Morgan fingerprint density at radius 3 is 2.25 bits per heavy atom. The van der Waals surface area contributed by atoms with Crippen LogP contribution in [0.1, 0.15) is 85.3 Å². The van der Waals surface area contributed by atoms with Crippen molar-refractivity contribution in [3.05, 3.63) is 125 Å². The molecular formula is C41H50N4O6. The summed E-state index contributed by atoms with van der Waals surface area (Å²) < 4.78 is 13.2. The highest BCUT2D eigenvalue weighted by atomic mass is 16.7. The molecule has 2 heterocycles. The van der Waals surface area contributed by atoms with Crippen molar-refractivity contribution in [1.82, 2.24) is 20.7 Å². The molecule has 3 aromatic carbocycles. The van der Waals surface area contributed by atoms with Gasteiger partial charge in [0.15, 0.2) is 6.29 Å². The van der Waals surface area contributed by atoms with Gasteiger partial charge in [0.2, 0.25) is 11.8 Å². The van der Waals surface area contributed by atoms with E-state index in [1.807, 2.05) is 60.8 Å². The highest BCUT2D eigenvalue weighted by Gasteiger charge is 2.32. The minimum atomic E-state index is -0.550. The lowest BCUT2D eigenvalue weighted by molar-refractivity contribution is -0.252. The van der Waals surface area contributed by atoms with E-state index in [0.717, 1.165) is 77.8 Å². The number of aromatic nitrogens is 1. The standard InChI is InChI=1S/C41H50N4O6/c1-45(25-23-35-11-8-9-24-42-35)28-36-26-38(32-17-15-30(29-46)16-18-32)51-41(50-36)33-21-19-31(20-22-33)37-12-7-6-10-34(37)27-43-39(47)13-4-2-3-5-14-40(48)44-49/h6-12,15-22,24,36,38,41,46,49H,2-5,13-14,23,25-29H2,1H3,(H,43,47)(H,44,48)/t36-,38+,41+/m0/s1. The highest BCUT2D eigenvalue weighted by molar-refractivity contribution is 5.76. The van der Waals surface area contributed by atoms with Gasteiger partial charge in [0, 0.05) is 62.8 Å². The summed E-state index contributed by atoms with van der Waals surface area (Å²) in [6.07, 6.45) is 6.46. The zero-order chi connectivity index (χ0) is 35.8. The number of carbonyl (C=O) groups excluding carboxylic acids is 2. The van der Waals surface area contributed by atoms with Crippen LogP contribution in [0.25, 0.3) is 11.1 Å². The van der Waals surface area contributed by atoms with Crippen molar-refractivity contribution in [2.75, 3.05) is 20.1 Å². The Morgan fingerprint density at radius 1 is 0.843 bits per heavy atom. The van der Waals surface area contributed by atoms with E-state index < -0.39 is 6.29 Å². The molecule has 0 unspecified atom stereocenters. The molecule has 5 rings (SSSR count). The van der Waals surface area contributed by atoms with Gasteiger partial charge in [-0.3, -0.25) is 19.8 Å². The minimum Gasteiger partial charge on any atom is -0.392 e. The number of ether oxygens (including phenoxy) is 2. The Morgan fingerprint density at radius 2 is 1.55 bits per heavy atom. The Labute approximate surface area is 300 Å². The molecule has 10 nitrogen and oxygen atoms in total. The number of hydrogen-bond acceptors (Lipinski definition) is 8. The van der Waals surface area contributed by atoms with Crippen LogP contribution in [-0.4, -0.2) is 58.3 Å². The molecule has 51 heavy (non-hydrogen) atoms. The summed E-state index contributed by atoms with van der Waals surface area (Å²) in [7, 11) is 2.11. The monoisotopic (exact) mass is 694 g/mol. The summed E-state index contributed by atoms with van der Waals surface area (Å²) in [5.41, 5.74) is 8.67. The second-order valence-electron chi connectivity index (χ2n) is 13.2. The molecule has 3 atom stereocenters. The van der Waals surface area contributed by atoms with E-state index in [2.05, 4.69) is 58.6 Å². The molecule has 0 bridgehead atoms. The maximum Gasteiger partial charge on any atom is 0.243 e. The van der Waals surface area contributed by atoms with Crippen LogP contribution in [0.3, 0.4) is 0 Å². The number of hydroxylamine groups is 1. The number of likely N-dealkylation sites (N-methyl/N-ethyl adjacent to an activating group) is 1. The molecule has 4 aromatic rings. The quantitative estimate of drug-likeness (QED) is 0.0533. The smallest absolute Gasteiger partial charge is 0.243 e. The summed E-state index contributed by atoms with van der Waals surface area (Å²) in [5.74, 6) is -0.384. The number of aliphatic hydroxyl groups is 1. The first-order chi connectivity index (χ1) is 24.9. The first-order valence-corrected chi connectivity index (χ1v) is 17.9. The summed E-state index contributed by atoms with van der Waals surface area (Å²) in [5, 5.41) is 21.2. The summed E-state index contributed by atoms with van der Waals surface area (Å²) in [4.78, 5) is 30.4. The number of pyridine rings is 1. The van der Waals surface area contributed by atoms with Gasteiger partial charge >= 0.3 is 0 Å². The summed E-state index contributed by atoms with van der Waals surface area (Å²) in [6, 6.07) is 30.3. The van der Waals surface area contributed by atoms with Crippen LogP contribution in [0.4, 0.5) is 0 Å². The van der Waals surface area contributed by atoms with E-state index in [9.17, 15) is 14.7 Å². The van der Waals surface area contributed by atoms with Crippen molar-refractivity contribution in [2.24, 2.45) is 0 Å². The fourth-order valence-electron chi connectivity index (χ4n) is 6.36. The topological polar surface area (TPSA) is 133 Å². The van der Waals surface area contributed by atoms with Crippen LogP contribution in [0, 0.1) is 0 Å². The normalized spacial score (nSPS) is 17.3. The van der Waals surface area contributed by atoms with E-state index in [1.165, 1.54) is 0 Å². The number of amides is 2. The predicted molar refractivity (Wildman–Crippen MR) is 195 cm³/mol. The van der Waals surface area contributed by atoms with Crippen LogP contribution >= 0.6 is 0 Å². The second-order valence-corrected chi connectivity index (χ2v) is 13.2. The van der Waals surface area contributed by atoms with Gasteiger partial charge in [-0.05, 0) is 59.8 Å². The van der Waals surface area contributed by atoms with Gasteiger partial charge in [-0.1, -0.05) is 91.7 Å². The van der Waals surface area contributed by atoms with E-state index >= 15 is 0 Å². The molecular weight excluding hydrogens is 644 g/mol. The van der Waals surface area contributed by atoms with Crippen molar-refractivity contribution in [3.8, 4) is 11.1 Å². The number of nitrogens with zero attached hydrogens (tertiary/aromatic N) is 2. The largest absolute Gasteiger partial charge is 0.392 e. The van der Waals surface area contributed by atoms with Crippen LogP contribution in [0.15, 0.2) is 97.2 Å². The van der Waals surface area contributed by atoms with Crippen LogP contribution < -0.4 is 10.8 Å². The van der Waals surface area contributed by atoms with E-state index in [0.29, 0.717) is 25.8 Å². The fourth-order valence-corrected chi connectivity index (χ4v) is 6.36. The second kappa shape index (κ2) is 19.8. The molecule has 1 aliphatic rings. The molecule has 270 valence electrons. The lowest BCUT2D eigenvalue weighted by Gasteiger charge is -2.38. The van der Waals surface area contributed by atoms with Gasteiger partial charge in [-0.25, -0.2) is 5.48 Å². The van der Waals surface area contributed by atoms with Gasteiger partial charge in [0.1, 0.15) is 0 Å². The third kappa shape index (κ3) is 11.8. The van der Waals surface area contributed by atoms with Crippen molar-refractivity contribution in [2.45, 2.75) is 83.0 Å². The van der Waals surface area contributed by atoms with Gasteiger partial charge in [-0.15, -0.1) is 0 Å². The van der Waals surface area contributed by atoms with E-state index in [-0.39, 0.29) is 37.0 Å². The number of aliphatic hydroxyl groups excluding tert-OH is 1. The molecule has 1 fully saturated rings. The lowest BCUT2D eigenvalue weighted by Crippen LogP contribution is -2.38. The number of hydrogen-bond donors (Lipinski definition) is 4. The minimum absolute atomic E-state index is 0.000403. The molecule has 1 saturated heterocycles. The van der Waals surface area contributed by atoms with Crippen LogP contribution in [0.2, 0.25) is 0 Å². The van der Waals surface area contributed by atoms with Gasteiger partial charge in [-0.2, -0.15) is 0 Å².